The number of halogens is 2. The molecule has 11 heteroatoms. The first-order valence-electron chi connectivity index (χ1n) is 6.01. The molecular formula is C11H10BrFN6O2S. The fourth-order valence-electron chi connectivity index (χ4n) is 1.52. The molecule has 0 saturated carbocycles. The first-order chi connectivity index (χ1) is 10.6. The molecular weight excluding hydrogens is 379 g/mol. The number of dihydropyridines is 1. The molecule has 0 aliphatic carbocycles. The van der Waals surface area contributed by atoms with E-state index in [0.29, 0.717) is 26.7 Å². The van der Waals surface area contributed by atoms with Crippen LogP contribution in [0.3, 0.4) is 0 Å². The third kappa shape index (κ3) is 4.45. The van der Waals surface area contributed by atoms with Gasteiger partial charge in [0.25, 0.3) is 0 Å². The van der Waals surface area contributed by atoms with Crippen molar-refractivity contribution in [2.75, 3.05) is 25.0 Å². The summed E-state index contributed by atoms with van der Waals surface area (Å²) in [4.78, 5) is 18.3. The maximum absolute atomic E-state index is 13.2. The minimum absolute atomic E-state index is 0.0236. The molecule has 1 aliphatic rings. The van der Waals surface area contributed by atoms with Crippen molar-refractivity contribution in [3.63, 3.8) is 0 Å². The molecule has 1 amide bonds. The van der Waals surface area contributed by atoms with E-state index >= 15 is 0 Å². The van der Waals surface area contributed by atoms with Crippen LogP contribution in [0.15, 0.2) is 27.8 Å². The van der Waals surface area contributed by atoms with Crippen molar-refractivity contribution in [1.82, 2.24) is 10.3 Å². The third-order valence-electron chi connectivity index (χ3n) is 2.41. The summed E-state index contributed by atoms with van der Waals surface area (Å²) >= 11 is 4.41. The van der Waals surface area contributed by atoms with Gasteiger partial charge in [-0.2, -0.15) is 0 Å². The van der Waals surface area contributed by atoms with Gasteiger partial charge >= 0.3 is 6.09 Å². The second-order valence-corrected chi connectivity index (χ2v) is 5.68. The van der Waals surface area contributed by atoms with E-state index in [0.717, 1.165) is 0 Å². The van der Waals surface area contributed by atoms with Crippen molar-refractivity contribution in [3.05, 3.63) is 38.2 Å². The average Bonchev–Trinajstić information content (AvgIpc) is 2.85. The van der Waals surface area contributed by atoms with E-state index in [1.807, 2.05) is 0 Å². The van der Waals surface area contributed by atoms with Crippen molar-refractivity contribution in [1.29, 1.82) is 0 Å². The van der Waals surface area contributed by atoms with Crippen molar-refractivity contribution in [2.45, 2.75) is 0 Å². The Morgan fingerprint density at radius 3 is 3.27 bits per heavy atom. The van der Waals surface area contributed by atoms with Gasteiger partial charge in [-0.1, -0.05) is 16.5 Å². The molecule has 0 fully saturated rings. The van der Waals surface area contributed by atoms with Crippen LogP contribution in [0, 0.1) is 0 Å². The zero-order valence-electron chi connectivity index (χ0n) is 11.0. The lowest BCUT2D eigenvalue weighted by molar-refractivity contribution is 0.165. The summed E-state index contributed by atoms with van der Waals surface area (Å²) in [6, 6.07) is 0. The van der Waals surface area contributed by atoms with Crippen LogP contribution in [-0.4, -0.2) is 30.8 Å². The zero-order chi connectivity index (χ0) is 15.9. The molecule has 0 spiro atoms. The maximum atomic E-state index is 13.2. The number of allylic oxidation sites excluding steroid dienone is 2. The Balaban J connectivity index is 1.99. The molecule has 0 saturated heterocycles. The fraction of sp³-hybridized carbons (Fsp3) is 0.273. The molecule has 1 aromatic rings. The van der Waals surface area contributed by atoms with Crippen LogP contribution in [0.1, 0.15) is 5.01 Å². The van der Waals surface area contributed by atoms with E-state index in [4.69, 9.17) is 10.3 Å². The Labute approximate surface area is 136 Å². The van der Waals surface area contributed by atoms with Crippen LogP contribution in [0.2, 0.25) is 0 Å². The van der Waals surface area contributed by atoms with E-state index in [-0.39, 0.29) is 19.0 Å². The Morgan fingerprint density at radius 2 is 2.55 bits per heavy atom. The smallest absolute Gasteiger partial charge is 0.412 e. The predicted octanol–water partition coefficient (Wildman–Crippen LogP) is 3.56. The van der Waals surface area contributed by atoms with Crippen molar-refractivity contribution in [2.24, 2.45) is 5.11 Å². The van der Waals surface area contributed by atoms with Crippen molar-refractivity contribution < 1.29 is 13.9 Å². The highest BCUT2D eigenvalue weighted by molar-refractivity contribution is 9.10. The second kappa shape index (κ2) is 7.78. The largest absolute Gasteiger partial charge is 0.449 e. The number of aromatic nitrogens is 1. The molecule has 0 unspecified atom stereocenters. The highest BCUT2D eigenvalue weighted by atomic mass is 79.9. The fourth-order valence-corrected chi connectivity index (χ4v) is 3.02. The summed E-state index contributed by atoms with van der Waals surface area (Å²) in [5.41, 5.74) is 8.77. The van der Waals surface area contributed by atoms with E-state index in [2.05, 4.69) is 41.6 Å². The summed E-state index contributed by atoms with van der Waals surface area (Å²) in [7, 11) is 0. The van der Waals surface area contributed by atoms with Gasteiger partial charge in [0.1, 0.15) is 20.4 Å². The molecule has 2 rings (SSSR count). The summed E-state index contributed by atoms with van der Waals surface area (Å²) in [6.45, 7) is 0.483. The Kier molecular flexibility index (Phi) is 5.75. The minimum atomic E-state index is -0.689. The van der Waals surface area contributed by atoms with Gasteiger partial charge in [0.05, 0.1) is 13.2 Å². The molecule has 0 radical (unpaired) electrons. The number of nitrogens with zero attached hydrogens (tertiary/aromatic N) is 4. The van der Waals surface area contributed by atoms with E-state index < -0.39 is 6.09 Å². The second-order valence-electron chi connectivity index (χ2n) is 3.93. The van der Waals surface area contributed by atoms with Gasteiger partial charge in [-0.25, -0.2) is 14.2 Å². The van der Waals surface area contributed by atoms with Gasteiger partial charge in [-0.05, 0) is 27.5 Å². The number of amides is 1. The zero-order valence-corrected chi connectivity index (χ0v) is 13.4. The van der Waals surface area contributed by atoms with Crippen LogP contribution in [-0.2, 0) is 4.74 Å². The van der Waals surface area contributed by atoms with Gasteiger partial charge in [-0.3, -0.25) is 5.32 Å². The van der Waals surface area contributed by atoms with Gasteiger partial charge in [0.15, 0.2) is 0 Å². The number of azide groups is 1. The van der Waals surface area contributed by atoms with Crippen LogP contribution in [0.5, 0.6) is 0 Å². The molecule has 8 nitrogen and oxygen atoms in total. The third-order valence-corrected chi connectivity index (χ3v) is 4.29. The standard InChI is InChI=1S/C11H10BrFN6O2S/c12-8-10(18-11(20)21-2-1-16-19-14)22-9(17-8)6-3-7(13)5-15-4-6/h3,5,15H,1-2,4H2,(H,18,20). The van der Waals surface area contributed by atoms with Crippen LogP contribution >= 0.6 is 27.3 Å². The van der Waals surface area contributed by atoms with Crippen LogP contribution in [0.4, 0.5) is 14.2 Å². The van der Waals surface area contributed by atoms with E-state index in [1.54, 1.807) is 0 Å². The first kappa shape index (κ1) is 16.3. The molecule has 2 heterocycles. The molecule has 22 heavy (non-hydrogen) atoms. The van der Waals surface area contributed by atoms with Gasteiger partial charge in [0.2, 0.25) is 0 Å². The number of anilines is 1. The summed E-state index contributed by atoms with van der Waals surface area (Å²) in [6.07, 6.45) is 1.96. The minimum Gasteiger partial charge on any atom is -0.449 e. The molecule has 2 N–H and O–H groups in total. The van der Waals surface area contributed by atoms with Gasteiger partial charge in [0, 0.05) is 23.2 Å². The molecule has 116 valence electrons. The van der Waals surface area contributed by atoms with Gasteiger partial charge < -0.3 is 10.1 Å². The van der Waals surface area contributed by atoms with Crippen molar-refractivity contribution >= 4 is 43.9 Å². The maximum Gasteiger partial charge on any atom is 0.412 e. The van der Waals surface area contributed by atoms with Crippen LogP contribution in [0.25, 0.3) is 16.0 Å². The number of thiazole rings is 1. The normalized spacial score (nSPS) is 13.4. The summed E-state index contributed by atoms with van der Waals surface area (Å²) in [5, 5.41) is 9.56. The first-order valence-corrected chi connectivity index (χ1v) is 7.62. The number of rotatable bonds is 5. The highest BCUT2D eigenvalue weighted by Crippen LogP contribution is 2.33. The summed E-state index contributed by atoms with van der Waals surface area (Å²) in [5.74, 6) is -0.389. The lowest BCUT2D eigenvalue weighted by Gasteiger charge is -2.08. The lowest BCUT2D eigenvalue weighted by atomic mass is 10.2. The summed E-state index contributed by atoms with van der Waals surface area (Å²) < 4.78 is 18.5. The number of nitrogens with one attached hydrogen (secondary N) is 2. The average molecular weight is 389 g/mol. The van der Waals surface area contributed by atoms with Crippen molar-refractivity contribution in [3.8, 4) is 0 Å². The number of ether oxygens (including phenoxy) is 1. The molecule has 1 aliphatic heterocycles. The number of carbonyl (C=O) groups is 1. The highest BCUT2D eigenvalue weighted by Gasteiger charge is 2.16. The van der Waals surface area contributed by atoms with Crippen LogP contribution < -0.4 is 10.6 Å². The number of hydrogen-bond acceptors (Lipinski definition) is 6. The topological polar surface area (TPSA) is 112 Å². The monoisotopic (exact) mass is 388 g/mol. The Bertz CT molecular complexity index is 682. The predicted molar refractivity (Wildman–Crippen MR) is 84.0 cm³/mol. The molecule has 1 aromatic heterocycles. The molecule has 0 bridgehead atoms. The molecule has 0 aromatic carbocycles. The Morgan fingerprint density at radius 1 is 1.73 bits per heavy atom. The lowest BCUT2D eigenvalue weighted by Crippen LogP contribution is -2.14. The molecule has 0 atom stereocenters. The number of hydrogen-bond donors (Lipinski definition) is 2. The quantitative estimate of drug-likeness (QED) is 0.347. The van der Waals surface area contributed by atoms with Gasteiger partial charge in [-0.15, -0.1) is 0 Å². The number of carbonyl (C=O) groups excluding carboxylic acids is 1. The van der Waals surface area contributed by atoms with E-state index in [9.17, 15) is 9.18 Å². The SMILES string of the molecule is [N-]=[N+]=NCCOC(=O)Nc1sc(C2=CC(F)=CNC2)nc1Br. The van der Waals surface area contributed by atoms with E-state index in [1.165, 1.54) is 23.6 Å². The Hall–Kier alpha value is -2.10.